The second-order valence-corrected chi connectivity index (χ2v) is 10.3. The number of sulfonamides is 1. The van der Waals surface area contributed by atoms with Crippen molar-refractivity contribution in [1.82, 2.24) is 9.62 Å². The van der Waals surface area contributed by atoms with Crippen molar-refractivity contribution in [2.75, 3.05) is 32.8 Å². The second-order valence-electron chi connectivity index (χ2n) is 7.15. The fourth-order valence-electron chi connectivity index (χ4n) is 3.63. The molecule has 2 aromatic rings. The van der Waals surface area contributed by atoms with Gasteiger partial charge >= 0.3 is 0 Å². The molecule has 1 atom stereocenters. The Morgan fingerprint density at radius 2 is 2.03 bits per heavy atom. The van der Waals surface area contributed by atoms with E-state index in [9.17, 15) is 13.2 Å². The van der Waals surface area contributed by atoms with Crippen molar-refractivity contribution in [2.24, 2.45) is 5.92 Å². The van der Waals surface area contributed by atoms with Crippen molar-refractivity contribution in [1.29, 1.82) is 0 Å². The predicted octanol–water partition coefficient (Wildman–Crippen LogP) is 2.28. The summed E-state index contributed by atoms with van der Waals surface area (Å²) >= 11 is 1.21. The van der Waals surface area contributed by atoms with Gasteiger partial charge in [0.25, 0.3) is 10.0 Å². The Balaban J connectivity index is 1.30. The van der Waals surface area contributed by atoms with Gasteiger partial charge in [0.2, 0.25) is 5.91 Å². The van der Waals surface area contributed by atoms with Crippen molar-refractivity contribution in [3.05, 3.63) is 41.3 Å². The zero-order valence-corrected chi connectivity index (χ0v) is 17.6. The molecule has 0 unspecified atom stereocenters. The van der Waals surface area contributed by atoms with E-state index in [1.807, 2.05) is 18.2 Å². The number of benzene rings is 1. The highest BCUT2D eigenvalue weighted by atomic mass is 32.2. The van der Waals surface area contributed by atoms with Crippen molar-refractivity contribution in [3.63, 3.8) is 0 Å². The molecule has 1 N–H and O–H groups in total. The monoisotopic (exact) mass is 436 g/mol. The Morgan fingerprint density at radius 1 is 1.21 bits per heavy atom. The van der Waals surface area contributed by atoms with Crippen molar-refractivity contribution < 1.29 is 22.7 Å². The van der Waals surface area contributed by atoms with Crippen LogP contribution in [0.25, 0.3) is 0 Å². The smallest absolute Gasteiger partial charge is 0.252 e. The van der Waals surface area contributed by atoms with E-state index in [-0.39, 0.29) is 18.4 Å². The summed E-state index contributed by atoms with van der Waals surface area (Å²) in [6.07, 6.45) is 2.06. The Hall–Kier alpha value is -2.10. The van der Waals surface area contributed by atoms with E-state index in [2.05, 4.69) is 5.32 Å². The molecule has 0 aliphatic carbocycles. The lowest BCUT2D eigenvalue weighted by Crippen LogP contribution is -2.45. The molecule has 1 fully saturated rings. The van der Waals surface area contributed by atoms with Crippen LogP contribution in [0.15, 0.2) is 39.9 Å². The number of nitrogens with one attached hydrogen (secondary N) is 1. The average molecular weight is 437 g/mol. The molecule has 2 aliphatic rings. The van der Waals surface area contributed by atoms with Crippen LogP contribution in [0.4, 0.5) is 0 Å². The molecule has 0 saturated carbocycles. The van der Waals surface area contributed by atoms with E-state index in [4.69, 9.17) is 9.47 Å². The summed E-state index contributed by atoms with van der Waals surface area (Å²) < 4.78 is 38.3. The minimum atomic E-state index is -3.51. The summed E-state index contributed by atoms with van der Waals surface area (Å²) in [4.78, 5) is 12.6. The highest BCUT2D eigenvalue weighted by Gasteiger charge is 2.33. The van der Waals surface area contributed by atoms with E-state index in [1.54, 1.807) is 17.5 Å². The molecule has 1 aromatic heterocycles. The molecule has 1 aromatic carbocycles. The number of carbonyl (C=O) groups excluding carboxylic acids is 1. The number of carbonyl (C=O) groups is 1. The van der Waals surface area contributed by atoms with Crippen LogP contribution in [0, 0.1) is 5.92 Å². The third-order valence-electron chi connectivity index (χ3n) is 5.16. The summed E-state index contributed by atoms with van der Waals surface area (Å²) in [5, 5.41) is 4.71. The van der Waals surface area contributed by atoms with Crippen LogP contribution in [0.5, 0.6) is 11.5 Å². The Labute approximate surface area is 174 Å². The highest BCUT2D eigenvalue weighted by molar-refractivity contribution is 7.91. The molecule has 0 bridgehead atoms. The standard InChI is InChI=1S/C20H24N2O5S2/c23-20(21-8-7-15-5-6-17-18(13-15)27-11-10-26-17)16-3-1-9-22(14-16)29(24,25)19-4-2-12-28-19/h2,4-6,12-13,16H,1,3,7-11,14H2,(H,21,23)/t16-/m1/s1. The number of thiophene rings is 1. The number of rotatable bonds is 6. The summed E-state index contributed by atoms with van der Waals surface area (Å²) in [6, 6.07) is 9.13. The summed E-state index contributed by atoms with van der Waals surface area (Å²) in [7, 11) is -3.51. The fourth-order valence-corrected chi connectivity index (χ4v) is 6.30. The number of fused-ring (bicyclic) bond motifs is 1. The summed E-state index contributed by atoms with van der Waals surface area (Å²) in [5.74, 6) is 1.08. The van der Waals surface area contributed by atoms with Gasteiger partial charge < -0.3 is 14.8 Å². The maximum atomic E-state index is 12.7. The van der Waals surface area contributed by atoms with Crippen LogP contribution in [-0.4, -0.2) is 51.5 Å². The number of ether oxygens (including phenoxy) is 2. The van der Waals surface area contributed by atoms with Gasteiger partial charge in [0, 0.05) is 19.6 Å². The van der Waals surface area contributed by atoms with Crippen LogP contribution in [-0.2, 0) is 21.2 Å². The molecule has 29 heavy (non-hydrogen) atoms. The molecule has 2 aliphatic heterocycles. The molecule has 0 radical (unpaired) electrons. The third kappa shape index (κ3) is 4.57. The minimum Gasteiger partial charge on any atom is -0.486 e. The molecular weight excluding hydrogens is 412 g/mol. The van der Waals surface area contributed by atoms with Gasteiger partial charge in [0.15, 0.2) is 11.5 Å². The van der Waals surface area contributed by atoms with E-state index < -0.39 is 10.0 Å². The van der Waals surface area contributed by atoms with Gasteiger partial charge in [-0.15, -0.1) is 11.3 Å². The maximum Gasteiger partial charge on any atom is 0.252 e. The first-order valence-electron chi connectivity index (χ1n) is 9.74. The molecule has 7 nitrogen and oxygen atoms in total. The van der Waals surface area contributed by atoms with E-state index in [0.717, 1.165) is 17.1 Å². The molecule has 1 saturated heterocycles. The molecule has 1 amide bonds. The van der Waals surface area contributed by atoms with Gasteiger partial charge in [-0.3, -0.25) is 4.79 Å². The van der Waals surface area contributed by atoms with Crippen LogP contribution >= 0.6 is 11.3 Å². The quantitative estimate of drug-likeness (QED) is 0.751. The lowest BCUT2D eigenvalue weighted by Gasteiger charge is -2.30. The number of piperidine rings is 1. The molecule has 4 rings (SSSR count). The van der Waals surface area contributed by atoms with Crippen LogP contribution in [0.3, 0.4) is 0 Å². The van der Waals surface area contributed by atoms with Gasteiger partial charge in [-0.25, -0.2) is 8.42 Å². The van der Waals surface area contributed by atoms with Gasteiger partial charge in [-0.2, -0.15) is 4.31 Å². The third-order valence-corrected chi connectivity index (χ3v) is 8.40. The zero-order valence-electron chi connectivity index (χ0n) is 16.0. The molecule has 9 heteroatoms. The van der Waals surface area contributed by atoms with Gasteiger partial charge in [0.05, 0.1) is 5.92 Å². The fraction of sp³-hybridized carbons (Fsp3) is 0.450. The molecule has 0 spiro atoms. The van der Waals surface area contributed by atoms with Crippen LogP contribution < -0.4 is 14.8 Å². The number of hydrogen-bond acceptors (Lipinski definition) is 6. The van der Waals surface area contributed by atoms with Crippen LogP contribution in [0.1, 0.15) is 18.4 Å². The maximum absolute atomic E-state index is 12.7. The van der Waals surface area contributed by atoms with Gasteiger partial charge in [0.1, 0.15) is 17.4 Å². The first-order valence-corrected chi connectivity index (χ1v) is 12.1. The Bertz CT molecular complexity index is 959. The van der Waals surface area contributed by atoms with E-state index in [1.165, 1.54) is 15.6 Å². The summed E-state index contributed by atoms with van der Waals surface area (Å²) in [5.41, 5.74) is 1.06. The number of hydrogen-bond donors (Lipinski definition) is 1. The van der Waals surface area contributed by atoms with Crippen molar-refractivity contribution >= 4 is 27.3 Å². The van der Waals surface area contributed by atoms with E-state index >= 15 is 0 Å². The lowest BCUT2D eigenvalue weighted by molar-refractivity contribution is -0.126. The first kappa shape index (κ1) is 20.2. The number of nitrogens with zero attached hydrogens (tertiary/aromatic N) is 1. The van der Waals surface area contributed by atoms with Gasteiger partial charge in [-0.05, 0) is 48.4 Å². The summed E-state index contributed by atoms with van der Waals surface area (Å²) in [6.45, 7) is 2.28. The topological polar surface area (TPSA) is 84.9 Å². The predicted molar refractivity (Wildman–Crippen MR) is 110 cm³/mol. The van der Waals surface area contributed by atoms with Crippen molar-refractivity contribution in [2.45, 2.75) is 23.5 Å². The van der Waals surface area contributed by atoms with Crippen LogP contribution in [0.2, 0.25) is 0 Å². The lowest BCUT2D eigenvalue weighted by atomic mass is 9.99. The Morgan fingerprint density at radius 3 is 2.83 bits per heavy atom. The first-order chi connectivity index (χ1) is 14.0. The second kappa shape index (κ2) is 8.73. The minimum absolute atomic E-state index is 0.0892. The van der Waals surface area contributed by atoms with E-state index in [0.29, 0.717) is 49.8 Å². The normalized spacial score (nSPS) is 19.7. The average Bonchev–Trinajstić information content (AvgIpc) is 3.29. The molecule has 156 valence electrons. The number of amides is 1. The van der Waals surface area contributed by atoms with Crippen molar-refractivity contribution in [3.8, 4) is 11.5 Å². The zero-order chi connectivity index (χ0) is 20.3. The van der Waals surface area contributed by atoms with Gasteiger partial charge in [-0.1, -0.05) is 12.1 Å². The largest absolute Gasteiger partial charge is 0.486 e. The molecule has 3 heterocycles. The molecular formula is C20H24N2O5S2. The Kier molecular flexibility index (Phi) is 6.07. The SMILES string of the molecule is O=C(NCCc1ccc2c(c1)OCCO2)[C@@H]1CCCN(S(=O)(=O)c2cccs2)C1. The highest BCUT2D eigenvalue weighted by Crippen LogP contribution is 2.31.